The van der Waals surface area contributed by atoms with Crippen molar-refractivity contribution in [3.63, 3.8) is 0 Å². The van der Waals surface area contributed by atoms with E-state index in [0.717, 1.165) is 5.69 Å². The van der Waals surface area contributed by atoms with Gasteiger partial charge in [0.25, 0.3) is 11.1 Å². The molecule has 1 amide bonds. The summed E-state index contributed by atoms with van der Waals surface area (Å²) >= 11 is 5.22. The van der Waals surface area contributed by atoms with Crippen molar-refractivity contribution < 1.29 is 9.53 Å². The Balaban J connectivity index is 2.41. The second-order valence-electron chi connectivity index (χ2n) is 6.42. The minimum atomic E-state index is -0.158. The van der Waals surface area contributed by atoms with Crippen LogP contribution in [0.3, 0.4) is 0 Å². The van der Waals surface area contributed by atoms with Gasteiger partial charge < -0.3 is 9.64 Å². The van der Waals surface area contributed by atoms with Crippen molar-refractivity contribution in [3.05, 3.63) is 24.0 Å². The molecule has 1 fully saturated rings. The van der Waals surface area contributed by atoms with Crippen molar-refractivity contribution in [3.8, 4) is 0 Å². The molecule has 0 saturated carbocycles. The van der Waals surface area contributed by atoms with Crippen molar-refractivity contribution in [2.24, 2.45) is 5.41 Å². The average molecular weight is 307 g/mol. The average Bonchev–Trinajstić information content (AvgIpc) is 2.79. The van der Waals surface area contributed by atoms with Crippen LogP contribution in [0.5, 0.6) is 0 Å². The number of aromatic nitrogens is 1. The quantitative estimate of drug-likeness (QED) is 0.785. The smallest absolute Gasteiger partial charge is 0.266 e. The van der Waals surface area contributed by atoms with Crippen molar-refractivity contribution in [1.82, 2.24) is 9.88 Å². The fourth-order valence-electron chi connectivity index (χ4n) is 2.35. The van der Waals surface area contributed by atoms with Crippen LogP contribution in [0.25, 0.3) is 0 Å². The van der Waals surface area contributed by atoms with Gasteiger partial charge in [-0.3, -0.25) is 14.7 Å². The number of anilines is 1. The molecule has 1 aromatic rings. The number of thiocarbonyl (C=S) groups is 1. The monoisotopic (exact) mass is 307 g/mol. The van der Waals surface area contributed by atoms with Crippen LogP contribution in [-0.4, -0.2) is 47.7 Å². The van der Waals surface area contributed by atoms with Crippen LogP contribution in [0.2, 0.25) is 0 Å². The molecular weight excluding hydrogens is 286 g/mol. The highest BCUT2D eigenvalue weighted by atomic mass is 32.1. The summed E-state index contributed by atoms with van der Waals surface area (Å²) in [4.78, 5) is 20.5. The normalized spacial score (nSPS) is 18.6. The van der Waals surface area contributed by atoms with Crippen molar-refractivity contribution >= 4 is 29.0 Å². The number of rotatable bonds is 2. The van der Waals surface area contributed by atoms with Crippen LogP contribution in [0.4, 0.5) is 5.69 Å². The Labute approximate surface area is 130 Å². The molecule has 2 rings (SSSR count). The fourth-order valence-corrected chi connectivity index (χ4v) is 2.63. The van der Waals surface area contributed by atoms with E-state index in [4.69, 9.17) is 17.0 Å². The predicted octanol–water partition coefficient (Wildman–Crippen LogP) is 2.32. The molecule has 2 heterocycles. The van der Waals surface area contributed by atoms with E-state index in [1.165, 1.54) is 0 Å². The third-order valence-electron chi connectivity index (χ3n) is 3.60. The third kappa shape index (κ3) is 3.00. The van der Waals surface area contributed by atoms with E-state index in [9.17, 15) is 4.79 Å². The van der Waals surface area contributed by atoms with E-state index in [-0.39, 0.29) is 22.5 Å². The topological polar surface area (TPSA) is 45.7 Å². The van der Waals surface area contributed by atoms with E-state index in [1.54, 1.807) is 17.3 Å². The molecule has 5 nitrogen and oxygen atoms in total. The maximum Gasteiger partial charge on any atom is 0.266 e. The Bertz CT molecular complexity index is 566. The Morgan fingerprint density at radius 1 is 1.48 bits per heavy atom. The number of hydrogen-bond acceptors (Lipinski definition) is 5. The summed E-state index contributed by atoms with van der Waals surface area (Å²) in [6.07, 6.45) is 3.25. The van der Waals surface area contributed by atoms with Crippen LogP contribution in [-0.2, 0) is 4.74 Å². The molecule has 0 bridgehead atoms. The zero-order chi connectivity index (χ0) is 15.8. The van der Waals surface area contributed by atoms with Crippen molar-refractivity contribution in [2.75, 3.05) is 25.6 Å². The molecule has 0 unspecified atom stereocenters. The van der Waals surface area contributed by atoms with Gasteiger partial charge in [0.2, 0.25) is 0 Å². The molecule has 114 valence electrons. The van der Waals surface area contributed by atoms with Gasteiger partial charge in [-0.2, -0.15) is 0 Å². The maximum atomic E-state index is 12.9. The number of carbonyl (C=O) groups excluding carboxylic acids is 1. The molecule has 1 aliphatic rings. The van der Waals surface area contributed by atoms with Crippen LogP contribution >= 0.6 is 12.2 Å². The molecule has 0 radical (unpaired) electrons. The van der Waals surface area contributed by atoms with Gasteiger partial charge in [-0.25, -0.2) is 0 Å². The Hall–Kier alpha value is -1.69. The molecular formula is C15H21N3O2S. The van der Waals surface area contributed by atoms with E-state index in [0.29, 0.717) is 12.2 Å². The van der Waals surface area contributed by atoms with Crippen LogP contribution in [0.1, 0.15) is 31.1 Å². The summed E-state index contributed by atoms with van der Waals surface area (Å²) in [5.74, 6) is -0.158. The summed E-state index contributed by atoms with van der Waals surface area (Å²) in [5, 5.41) is 0.244. The highest BCUT2D eigenvalue weighted by Crippen LogP contribution is 2.32. The molecule has 0 aliphatic carbocycles. The van der Waals surface area contributed by atoms with E-state index >= 15 is 0 Å². The summed E-state index contributed by atoms with van der Waals surface area (Å²) in [6, 6.07) is 1.74. The molecule has 0 spiro atoms. The van der Waals surface area contributed by atoms with Crippen LogP contribution < -0.4 is 4.90 Å². The Morgan fingerprint density at radius 2 is 2.14 bits per heavy atom. The first-order valence-electron chi connectivity index (χ1n) is 6.85. The third-order valence-corrected chi connectivity index (χ3v) is 3.92. The lowest BCUT2D eigenvalue weighted by Gasteiger charge is -2.32. The summed E-state index contributed by atoms with van der Waals surface area (Å²) in [5.41, 5.74) is 1.23. The molecule has 1 atom stereocenters. The maximum absolute atomic E-state index is 12.9. The molecule has 1 saturated heterocycles. The zero-order valence-corrected chi connectivity index (χ0v) is 13.9. The van der Waals surface area contributed by atoms with Gasteiger partial charge in [0.1, 0.15) is 6.61 Å². The van der Waals surface area contributed by atoms with Gasteiger partial charge in [0.05, 0.1) is 17.3 Å². The molecule has 6 heteroatoms. The van der Waals surface area contributed by atoms with E-state index in [2.05, 4.69) is 25.8 Å². The van der Waals surface area contributed by atoms with Gasteiger partial charge in [-0.15, -0.1) is 0 Å². The number of pyridine rings is 1. The molecule has 0 N–H and O–H groups in total. The number of nitrogens with zero attached hydrogens (tertiary/aromatic N) is 3. The lowest BCUT2D eigenvalue weighted by molar-refractivity contribution is 0.0745. The van der Waals surface area contributed by atoms with Gasteiger partial charge in [-0.1, -0.05) is 20.8 Å². The Kier molecular flexibility index (Phi) is 4.18. The first-order chi connectivity index (χ1) is 9.73. The predicted molar refractivity (Wildman–Crippen MR) is 86.5 cm³/mol. The van der Waals surface area contributed by atoms with Crippen molar-refractivity contribution in [2.45, 2.75) is 26.8 Å². The summed E-state index contributed by atoms with van der Waals surface area (Å²) in [6.45, 7) is 6.66. The largest absolute Gasteiger partial charge is 0.468 e. The first-order valence-corrected chi connectivity index (χ1v) is 7.26. The summed E-state index contributed by atoms with van der Waals surface area (Å²) in [7, 11) is 3.79. The number of hydrogen-bond donors (Lipinski definition) is 0. The minimum Gasteiger partial charge on any atom is -0.468 e. The second-order valence-corrected chi connectivity index (χ2v) is 6.77. The number of carbonyl (C=O) groups is 1. The fraction of sp³-hybridized carbons (Fsp3) is 0.533. The highest BCUT2D eigenvalue weighted by Gasteiger charge is 2.42. The van der Waals surface area contributed by atoms with Crippen LogP contribution in [0, 0.1) is 5.41 Å². The zero-order valence-electron chi connectivity index (χ0n) is 13.1. The van der Waals surface area contributed by atoms with E-state index in [1.807, 2.05) is 25.1 Å². The molecule has 1 aliphatic heterocycles. The van der Waals surface area contributed by atoms with Gasteiger partial charge in [0.15, 0.2) is 0 Å². The second kappa shape index (κ2) is 5.60. The SMILES string of the molecule is CN(C)c1ccncc1C(=O)N1C(=S)OC[C@@H]1C(C)(C)C. The number of amides is 1. The summed E-state index contributed by atoms with van der Waals surface area (Å²) < 4.78 is 5.45. The van der Waals surface area contributed by atoms with Crippen LogP contribution in [0.15, 0.2) is 18.5 Å². The Morgan fingerprint density at radius 3 is 2.71 bits per heavy atom. The minimum absolute atomic E-state index is 0.0762. The van der Waals surface area contributed by atoms with E-state index < -0.39 is 0 Å². The standard InChI is InChI=1S/C15H21N3O2S/c1-15(2,3)12-9-20-14(21)18(12)13(19)10-8-16-7-6-11(10)17(4)5/h6-8,12H,9H2,1-5H3/t12-/m1/s1. The number of ether oxygens (including phenoxy) is 1. The van der Waals surface area contributed by atoms with Gasteiger partial charge >= 0.3 is 0 Å². The van der Waals surface area contributed by atoms with Gasteiger partial charge in [-0.05, 0) is 23.7 Å². The molecule has 1 aromatic heterocycles. The lowest BCUT2D eigenvalue weighted by atomic mass is 9.86. The van der Waals surface area contributed by atoms with Gasteiger partial charge in [0, 0.05) is 26.5 Å². The highest BCUT2D eigenvalue weighted by molar-refractivity contribution is 7.80. The lowest BCUT2D eigenvalue weighted by Crippen LogP contribution is -2.46. The molecule has 0 aromatic carbocycles. The van der Waals surface area contributed by atoms with Crippen molar-refractivity contribution in [1.29, 1.82) is 0 Å². The first kappa shape index (κ1) is 15.7. The molecule has 21 heavy (non-hydrogen) atoms.